The Bertz CT molecular complexity index is 1310. The molecule has 0 saturated heterocycles. The summed E-state index contributed by atoms with van der Waals surface area (Å²) in [5, 5.41) is 10.9. The number of carbonyl (C=O) groups excluding carboxylic acids is 1. The maximum atomic E-state index is 11.8. The zero-order chi connectivity index (χ0) is 21.7. The van der Waals surface area contributed by atoms with Crippen LogP contribution in [0.1, 0.15) is 47.3 Å². The molecule has 6 rings (SSSR count). The molecule has 2 aliphatic rings. The van der Waals surface area contributed by atoms with Crippen LogP contribution in [0, 0.1) is 0 Å². The van der Waals surface area contributed by atoms with Crippen LogP contribution >= 0.6 is 0 Å². The van der Waals surface area contributed by atoms with Crippen LogP contribution in [0.25, 0.3) is 17.1 Å². The van der Waals surface area contributed by atoms with Gasteiger partial charge >= 0.3 is 0 Å². The highest BCUT2D eigenvalue weighted by molar-refractivity contribution is 5.98. The molecule has 1 aliphatic heterocycles. The summed E-state index contributed by atoms with van der Waals surface area (Å²) in [6, 6.07) is 13.9. The molecule has 0 atom stereocenters. The van der Waals surface area contributed by atoms with Gasteiger partial charge in [-0.1, -0.05) is 0 Å². The summed E-state index contributed by atoms with van der Waals surface area (Å²) in [5.41, 5.74) is 5.81. The van der Waals surface area contributed by atoms with E-state index < -0.39 is 0 Å². The van der Waals surface area contributed by atoms with E-state index in [0.717, 1.165) is 28.1 Å². The lowest BCUT2D eigenvalue weighted by atomic mass is 10.1. The van der Waals surface area contributed by atoms with Gasteiger partial charge in [0.1, 0.15) is 0 Å². The van der Waals surface area contributed by atoms with Crippen molar-refractivity contribution in [3.63, 3.8) is 0 Å². The summed E-state index contributed by atoms with van der Waals surface area (Å²) < 4.78 is 3.91. The monoisotopic (exact) mass is 425 g/mol. The Balaban J connectivity index is 1.24. The van der Waals surface area contributed by atoms with Crippen molar-refractivity contribution in [2.75, 3.05) is 5.32 Å². The molecule has 1 fully saturated rings. The predicted molar refractivity (Wildman–Crippen MR) is 121 cm³/mol. The van der Waals surface area contributed by atoms with Crippen LogP contribution < -0.4 is 10.6 Å². The lowest BCUT2D eigenvalue weighted by Gasteiger charge is -2.07. The quantitative estimate of drug-likeness (QED) is 0.487. The van der Waals surface area contributed by atoms with E-state index in [-0.39, 0.29) is 5.91 Å². The van der Waals surface area contributed by atoms with Crippen molar-refractivity contribution in [3.05, 3.63) is 71.8 Å². The maximum Gasteiger partial charge on any atom is 0.251 e. The molecule has 2 aromatic carbocycles. The predicted octanol–water partition coefficient (Wildman–Crippen LogP) is 4.02. The summed E-state index contributed by atoms with van der Waals surface area (Å²) in [6.45, 7) is 3.28. The fraction of sp³-hybridized carbons (Fsp3) is 0.250. The molecule has 160 valence electrons. The van der Waals surface area contributed by atoms with E-state index in [2.05, 4.69) is 43.6 Å². The first kappa shape index (κ1) is 18.8. The van der Waals surface area contributed by atoms with Gasteiger partial charge in [-0.15, -0.1) is 5.10 Å². The van der Waals surface area contributed by atoms with E-state index in [0.29, 0.717) is 30.8 Å². The molecule has 0 radical (unpaired) electrons. The van der Waals surface area contributed by atoms with Crippen molar-refractivity contribution in [1.82, 2.24) is 29.6 Å². The Hall–Kier alpha value is -3.94. The Kier molecular flexibility index (Phi) is 4.31. The van der Waals surface area contributed by atoms with E-state index in [4.69, 9.17) is 4.98 Å². The number of nitrogens with zero attached hydrogens (tertiary/aromatic N) is 5. The summed E-state index contributed by atoms with van der Waals surface area (Å²) in [6.07, 6.45) is 6.50. The number of aryl methyl sites for hydroxylation is 1. The smallest absolute Gasteiger partial charge is 0.251 e. The van der Waals surface area contributed by atoms with Crippen LogP contribution in [0.3, 0.4) is 0 Å². The molecule has 8 nitrogen and oxygen atoms in total. The standard InChI is InChI=1S/C24H23N7O/c1-2-31-24(27-18-7-10-20-17(11-18)12-25-23(20)32)28-22(29-31)16-5-8-19(9-6-16)30-13-21(26-14-30)15-3-4-15/h5-11,13-15H,2-4,12H2,1H3,(H,25,32)(H,27,28,29). The SMILES string of the molecule is CCn1nc(-c2ccc(-n3cnc(C4CC4)c3)cc2)nc1Nc1ccc2c(c1)CNC2=O. The van der Waals surface area contributed by atoms with Crippen LogP contribution in [0.15, 0.2) is 55.0 Å². The number of fused-ring (bicyclic) bond motifs is 1. The molecule has 3 heterocycles. The van der Waals surface area contributed by atoms with E-state index >= 15 is 0 Å². The van der Waals surface area contributed by atoms with Crippen molar-refractivity contribution in [2.24, 2.45) is 0 Å². The number of amides is 1. The number of benzene rings is 2. The van der Waals surface area contributed by atoms with Gasteiger partial charge in [-0.2, -0.15) is 4.98 Å². The van der Waals surface area contributed by atoms with Gasteiger partial charge in [0.05, 0.1) is 12.0 Å². The highest BCUT2D eigenvalue weighted by atomic mass is 16.1. The Morgan fingerprint density at radius 3 is 2.78 bits per heavy atom. The van der Waals surface area contributed by atoms with Crippen LogP contribution in [-0.2, 0) is 13.1 Å². The fourth-order valence-corrected chi connectivity index (χ4v) is 4.07. The molecule has 1 aliphatic carbocycles. The number of anilines is 2. The Morgan fingerprint density at radius 1 is 1.16 bits per heavy atom. The van der Waals surface area contributed by atoms with Gasteiger partial charge in [0.15, 0.2) is 5.82 Å². The number of hydrogen-bond acceptors (Lipinski definition) is 5. The second-order valence-corrected chi connectivity index (χ2v) is 8.28. The van der Waals surface area contributed by atoms with Gasteiger partial charge in [0.2, 0.25) is 5.95 Å². The van der Waals surface area contributed by atoms with Crippen molar-refractivity contribution in [3.8, 4) is 17.1 Å². The molecule has 1 saturated carbocycles. The average Bonchev–Trinajstić information content (AvgIpc) is 3.24. The molecule has 0 unspecified atom stereocenters. The van der Waals surface area contributed by atoms with Gasteiger partial charge in [-0.25, -0.2) is 9.67 Å². The molecule has 1 amide bonds. The van der Waals surface area contributed by atoms with Crippen LogP contribution in [0.5, 0.6) is 0 Å². The number of imidazole rings is 1. The first-order valence-corrected chi connectivity index (χ1v) is 11.0. The van der Waals surface area contributed by atoms with Crippen molar-refractivity contribution < 1.29 is 4.79 Å². The van der Waals surface area contributed by atoms with Gasteiger partial charge in [0, 0.05) is 47.7 Å². The number of hydrogen-bond donors (Lipinski definition) is 2. The van der Waals surface area contributed by atoms with E-state index in [1.54, 1.807) is 0 Å². The third-order valence-corrected chi connectivity index (χ3v) is 6.04. The maximum absolute atomic E-state index is 11.8. The number of aromatic nitrogens is 5. The topological polar surface area (TPSA) is 89.7 Å². The number of rotatable bonds is 6. The number of nitrogens with one attached hydrogen (secondary N) is 2. The second-order valence-electron chi connectivity index (χ2n) is 8.28. The molecule has 2 N–H and O–H groups in total. The number of carbonyl (C=O) groups is 1. The summed E-state index contributed by atoms with van der Waals surface area (Å²) >= 11 is 0. The first-order chi connectivity index (χ1) is 15.7. The van der Waals surface area contributed by atoms with Gasteiger partial charge < -0.3 is 15.2 Å². The summed E-state index contributed by atoms with van der Waals surface area (Å²) in [7, 11) is 0. The van der Waals surface area contributed by atoms with Crippen molar-refractivity contribution in [1.29, 1.82) is 0 Å². The zero-order valence-electron chi connectivity index (χ0n) is 17.7. The minimum absolute atomic E-state index is 0.0199. The molecule has 8 heteroatoms. The van der Waals surface area contributed by atoms with Gasteiger partial charge in [0.25, 0.3) is 5.91 Å². The summed E-state index contributed by atoms with van der Waals surface area (Å²) in [4.78, 5) is 21.0. The van der Waals surface area contributed by atoms with Crippen LogP contribution in [0.2, 0.25) is 0 Å². The Morgan fingerprint density at radius 2 is 2.00 bits per heavy atom. The Labute approximate surface area is 185 Å². The molecule has 2 aromatic heterocycles. The van der Waals surface area contributed by atoms with Gasteiger partial charge in [-0.05, 0) is 67.8 Å². The highest BCUT2D eigenvalue weighted by Crippen LogP contribution is 2.39. The van der Waals surface area contributed by atoms with Gasteiger partial charge in [-0.3, -0.25) is 4.79 Å². The van der Waals surface area contributed by atoms with E-state index in [9.17, 15) is 4.79 Å². The molecule has 4 aromatic rings. The summed E-state index contributed by atoms with van der Waals surface area (Å²) in [5.74, 6) is 1.97. The first-order valence-electron chi connectivity index (χ1n) is 11.0. The second kappa shape index (κ2) is 7.33. The highest BCUT2D eigenvalue weighted by Gasteiger charge is 2.25. The van der Waals surface area contributed by atoms with Crippen molar-refractivity contribution in [2.45, 2.75) is 38.8 Å². The lowest BCUT2D eigenvalue weighted by molar-refractivity contribution is 0.0966. The van der Waals surface area contributed by atoms with Crippen LogP contribution in [-0.4, -0.2) is 30.2 Å². The molecule has 32 heavy (non-hydrogen) atoms. The van der Waals surface area contributed by atoms with E-state index in [1.165, 1.54) is 18.5 Å². The lowest BCUT2D eigenvalue weighted by Crippen LogP contribution is -2.12. The van der Waals surface area contributed by atoms with Crippen molar-refractivity contribution >= 4 is 17.5 Å². The zero-order valence-corrected chi connectivity index (χ0v) is 17.7. The minimum Gasteiger partial charge on any atom is -0.348 e. The largest absolute Gasteiger partial charge is 0.348 e. The fourth-order valence-electron chi connectivity index (χ4n) is 4.07. The molecule has 0 spiro atoms. The molecular weight excluding hydrogens is 402 g/mol. The normalized spacial score (nSPS) is 15.0. The van der Waals surface area contributed by atoms with Crippen LogP contribution in [0.4, 0.5) is 11.6 Å². The third kappa shape index (κ3) is 3.33. The molecular formula is C24H23N7O. The van der Waals surface area contributed by atoms with E-state index in [1.807, 2.05) is 48.3 Å². The average molecular weight is 425 g/mol. The minimum atomic E-state index is -0.0199. The third-order valence-electron chi connectivity index (χ3n) is 6.04. The molecule has 0 bridgehead atoms.